The molecule has 0 heterocycles. The lowest BCUT2D eigenvalue weighted by molar-refractivity contribution is 0.146. The highest BCUT2D eigenvalue weighted by Gasteiger charge is 2.38. The van der Waals surface area contributed by atoms with Gasteiger partial charge in [-0.15, -0.1) is 0 Å². The van der Waals surface area contributed by atoms with Gasteiger partial charge in [-0.25, -0.2) is 0 Å². The van der Waals surface area contributed by atoms with E-state index in [1.54, 1.807) is 0 Å². The molecule has 0 aromatic heterocycles. The van der Waals surface area contributed by atoms with Gasteiger partial charge in [0.25, 0.3) is 0 Å². The van der Waals surface area contributed by atoms with Crippen LogP contribution in [0.15, 0.2) is 24.3 Å². The average Bonchev–Trinajstić information content (AvgIpc) is 2.35. The molecule has 1 saturated carbocycles. The van der Waals surface area contributed by atoms with E-state index in [1.807, 2.05) is 0 Å². The van der Waals surface area contributed by atoms with Gasteiger partial charge in [0.2, 0.25) is 0 Å². The molecule has 0 radical (unpaired) electrons. The van der Waals surface area contributed by atoms with Crippen molar-refractivity contribution in [2.24, 2.45) is 10.8 Å². The fourth-order valence-electron chi connectivity index (χ4n) is 2.73. The van der Waals surface area contributed by atoms with Crippen molar-refractivity contribution in [3.8, 4) is 6.07 Å². The summed E-state index contributed by atoms with van der Waals surface area (Å²) >= 11 is 2.32. The SMILES string of the molecule is CC1(C)CCC(C#N)(Cc2ccc(I)cc2)CC1. The molecule has 0 amide bonds. The van der Waals surface area contributed by atoms with E-state index < -0.39 is 0 Å². The van der Waals surface area contributed by atoms with Crippen molar-refractivity contribution >= 4 is 22.6 Å². The quantitative estimate of drug-likeness (QED) is 0.691. The van der Waals surface area contributed by atoms with Gasteiger partial charge in [-0.05, 0) is 77.8 Å². The van der Waals surface area contributed by atoms with E-state index in [4.69, 9.17) is 0 Å². The first kappa shape index (κ1) is 13.9. The van der Waals surface area contributed by atoms with Crippen molar-refractivity contribution in [1.29, 1.82) is 5.26 Å². The first-order valence-electron chi connectivity index (χ1n) is 6.61. The summed E-state index contributed by atoms with van der Waals surface area (Å²) in [6.07, 6.45) is 5.34. The molecule has 2 heteroatoms. The zero-order valence-corrected chi connectivity index (χ0v) is 13.3. The molecule has 1 fully saturated rings. The summed E-state index contributed by atoms with van der Waals surface area (Å²) in [6.45, 7) is 4.64. The van der Waals surface area contributed by atoms with Crippen molar-refractivity contribution in [2.75, 3.05) is 0 Å². The number of nitriles is 1. The van der Waals surface area contributed by atoms with Gasteiger partial charge in [-0.2, -0.15) is 5.26 Å². The zero-order valence-electron chi connectivity index (χ0n) is 11.2. The summed E-state index contributed by atoms with van der Waals surface area (Å²) in [5, 5.41) is 9.58. The minimum absolute atomic E-state index is 0.123. The minimum atomic E-state index is -0.123. The molecule has 0 atom stereocenters. The van der Waals surface area contributed by atoms with Crippen LogP contribution in [0.25, 0.3) is 0 Å². The molecule has 1 nitrogen and oxygen atoms in total. The standard InChI is InChI=1S/C16H20IN/c1-15(2)7-9-16(12-18,10-8-15)11-13-3-5-14(17)6-4-13/h3-6H,7-11H2,1-2H3. The highest BCUT2D eigenvalue weighted by molar-refractivity contribution is 14.1. The van der Waals surface area contributed by atoms with E-state index >= 15 is 0 Å². The second-order valence-corrected chi connectivity index (χ2v) is 7.61. The number of benzene rings is 1. The van der Waals surface area contributed by atoms with Gasteiger partial charge in [0, 0.05) is 3.57 Å². The van der Waals surface area contributed by atoms with Gasteiger partial charge >= 0.3 is 0 Å². The Kier molecular flexibility index (Phi) is 4.01. The van der Waals surface area contributed by atoms with Crippen LogP contribution in [0.5, 0.6) is 0 Å². The van der Waals surface area contributed by atoms with Crippen LogP contribution in [0.4, 0.5) is 0 Å². The molecule has 0 saturated heterocycles. The van der Waals surface area contributed by atoms with E-state index in [0.717, 1.165) is 19.3 Å². The molecule has 1 aromatic rings. The van der Waals surface area contributed by atoms with Crippen molar-refractivity contribution < 1.29 is 0 Å². The van der Waals surface area contributed by atoms with Crippen molar-refractivity contribution in [1.82, 2.24) is 0 Å². The molecule has 0 aliphatic heterocycles. The molecule has 18 heavy (non-hydrogen) atoms. The van der Waals surface area contributed by atoms with Crippen LogP contribution in [0.3, 0.4) is 0 Å². The lowest BCUT2D eigenvalue weighted by Crippen LogP contribution is -2.31. The topological polar surface area (TPSA) is 23.8 Å². The monoisotopic (exact) mass is 353 g/mol. The molecular weight excluding hydrogens is 333 g/mol. The molecule has 96 valence electrons. The third kappa shape index (κ3) is 3.26. The summed E-state index contributed by atoms with van der Waals surface area (Å²) in [6, 6.07) is 11.2. The Morgan fingerprint density at radius 2 is 1.67 bits per heavy atom. The molecule has 1 aromatic carbocycles. The predicted octanol–water partition coefficient (Wildman–Crippen LogP) is 4.94. The molecule has 1 aliphatic rings. The summed E-state index contributed by atoms with van der Waals surface area (Å²) < 4.78 is 1.26. The molecule has 1 aliphatic carbocycles. The van der Waals surface area contributed by atoms with Crippen molar-refractivity contribution in [3.05, 3.63) is 33.4 Å². The van der Waals surface area contributed by atoms with E-state index in [-0.39, 0.29) is 5.41 Å². The number of rotatable bonds is 2. The number of halogens is 1. The molecule has 0 unspecified atom stereocenters. The fraction of sp³-hybridized carbons (Fsp3) is 0.562. The third-order valence-electron chi connectivity index (χ3n) is 4.25. The smallest absolute Gasteiger partial charge is 0.0693 e. The third-order valence-corrected chi connectivity index (χ3v) is 4.97. The van der Waals surface area contributed by atoms with Crippen LogP contribution in [-0.2, 0) is 6.42 Å². The second-order valence-electron chi connectivity index (χ2n) is 6.36. The molecule has 0 spiro atoms. The summed E-state index contributed by atoms with van der Waals surface area (Å²) in [4.78, 5) is 0. The number of hydrogen-bond acceptors (Lipinski definition) is 1. The Balaban J connectivity index is 2.11. The van der Waals surface area contributed by atoms with E-state index in [9.17, 15) is 5.26 Å². The Morgan fingerprint density at radius 1 is 1.11 bits per heavy atom. The van der Waals surface area contributed by atoms with E-state index in [2.05, 4.69) is 66.8 Å². The van der Waals surface area contributed by atoms with Crippen LogP contribution in [0.2, 0.25) is 0 Å². The summed E-state index contributed by atoms with van der Waals surface area (Å²) in [5.41, 5.74) is 1.60. The Labute approximate surface area is 124 Å². The van der Waals surface area contributed by atoms with Gasteiger partial charge in [-0.3, -0.25) is 0 Å². The zero-order chi connectivity index (χ0) is 13.2. The average molecular weight is 353 g/mol. The van der Waals surface area contributed by atoms with Gasteiger partial charge in [0.15, 0.2) is 0 Å². The predicted molar refractivity (Wildman–Crippen MR) is 83.2 cm³/mol. The Morgan fingerprint density at radius 3 is 2.17 bits per heavy atom. The number of nitrogens with zero attached hydrogens (tertiary/aromatic N) is 1. The van der Waals surface area contributed by atoms with Gasteiger partial charge in [0.1, 0.15) is 0 Å². The van der Waals surface area contributed by atoms with E-state index in [1.165, 1.54) is 22.0 Å². The first-order valence-corrected chi connectivity index (χ1v) is 7.68. The van der Waals surface area contributed by atoms with Crippen LogP contribution >= 0.6 is 22.6 Å². The minimum Gasteiger partial charge on any atom is -0.198 e. The molecule has 0 N–H and O–H groups in total. The Bertz CT molecular complexity index is 443. The fourth-order valence-corrected chi connectivity index (χ4v) is 3.09. The largest absolute Gasteiger partial charge is 0.198 e. The highest BCUT2D eigenvalue weighted by Crippen LogP contribution is 2.46. The van der Waals surface area contributed by atoms with Crippen LogP contribution in [0.1, 0.15) is 45.1 Å². The Hall–Kier alpha value is -0.560. The van der Waals surface area contributed by atoms with Gasteiger partial charge in [-0.1, -0.05) is 26.0 Å². The normalized spacial score (nSPS) is 21.2. The van der Waals surface area contributed by atoms with Gasteiger partial charge < -0.3 is 0 Å². The maximum atomic E-state index is 9.58. The number of hydrogen-bond donors (Lipinski definition) is 0. The van der Waals surface area contributed by atoms with Crippen molar-refractivity contribution in [3.63, 3.8) is 0 Å². The van der Waals surface area contributed by atoms with Crippen LogP contribution < -0.4 is 0 Å². The molecule has 2 rings (SSSR count). The molecule has 0 bridgehead atoms. The van der Waals surface area contributed by atoms with E-state index in [0.29, 0.717) is 5.41 Å². The lowest BCUT2D eigenvalue weighted by atomic mass is 9.64. The second kappa shape index (κ2) is 5.21. The van der Waals surface area contributed by atoms with Crippen LogP contribution in [-0.4, -0.2) is 0 Å². The maximum Gasteiger partial charge on any atom is 0.0693 e. The van der Waals surface area contributed by atoms with Crippen LogP contribution in [0, 0.1) is 25.7 Å². The van der Waals surface area contributed by atoms with Gasteiger partial charge in [0.05, 0.1) is 11.5 Å². The maximum absolute atomic E-state index is 9.58. The highest BCUT2D eigenvalue weighted by atomic mass is 127. The summed E-state index contributed by atoms with van der Waals surface area (Å²) in [7, 11) is 0. The lowest BCUT2D eigenvalue weighted by Gasteiger charge is -2.39. The first-order chi connectivity index (χ1) is 8.45. The van der Waals surface area contributed by atoms with Crippen molar-refractivity contribution in [2.45, 2.75) is 46.0 Å². The molecular formula is C16H20IN. The summed E-state index contributed by atoms with van der Waals surface area (Å²) in [5.74, 6) is 0.